The van der Waals surface area contributed by atoms with Crippen LogP contribution in [-0.2, 0) is 9.84 Å². The van der Waals surface area contributed by atoms with Crippen LogP contribution in [0.15, 0.2) is 57.5 Å². The molecule has 2 saturated carbocycles. The van der Waals surface area contributed by atoms with Crippen molar-refractivity contribution in [3.63, 3.8) is 0 Å². The molecule has 0 heterocycles. The molecule has 4 aliphatic carbocycles. The Morgan fingerprint density at radius 2 is 1.62 bits per heavy atom. The minimum absolute atomic E-state index is 0.193. The summed E-state index contributed by atoms with van der Waals surface area (Å²) in [5, 5.41) is -0.193. The van der Waals surface area contributed by atoms with Crippen LogP contribution in [0.3, 0.4) is 0 Å². The molecule has 0 radical (unpaired) electrons. The Morgan fingerprint density at radius 3 is 2.29 bits per heavy atom. The Morgan fingerprint density at radius 1 is 0.958 bits per heavy atom. The fourth-order valence-electron chi connectivity index (χ4n) is 6.33. The van der Waals surface area contributed by atoms with Gasteiger partial charge in [0.25, 0.3) is 0 Å². The van der Waals surface area contributed by atoms with Gasteiger partial charge in [-0.1, -0.05) is 40.5 Å². The second-order valence-electron chi connectivity index (χ2n) is 8.22. The average molecular weight is 340 g/mol. The van der Waals surface area contributed by atoms with Gasteiger partial charge in [-0.3, -0.25) is 0 Å². The third-order valence-electron chi connectivity index (χ3n) is 6.97. The van der Waals surface area contributed by atoms with Crippen LogP contribution in [-0.4, -0.2) is 13.7 Å². The van der Waals surface area contributed by atoms with Crippen LogP contribution in [0.1, 0.15) is 39.5 Å². The summed E-state index contributed by atoms with van der Waals surface area (Å²) in [5.74, 6) is 2.03. The van der Waals surface area contributed by atoms with Gasteiger partial charge in [-0.15, -0.1) is 0 Å². The van der Waals surface area contributed by atoms with Crippen LogP contribution in [0.25, 0.3) is 0 Å². The lowest BCUT2D eigenvalue weighted by atomic mass is 9.82. The zero-order valence-corrected chi connectivity index (χ0v) is 15.1. The molecule has 2 fully saturated rings. The van der Waals surface area contributed by atoms with Gasteiger partial charge in [0, 0.05) is 11.8 Å². The van der Waals surface area contributed by atoms with Crippen molar-refractivity contribution in [2.75, 3.05) is 0 Å². The zero-order valence-electron chi connectivity index (χ0n) is 14.3. The number of sulfone groups is 1. The van der Waals surface area contributed by atoms with Crippen molar-refractivity contribution in [1.82, 2.24) is 0 Å². The molecule has 126 valence electrons. The molecule has 3 heteroatoms. The van der Waals surface area contributed by atoms with Crippen LogP contribution >= 0.6 is 0 Å². The summed E-state index contributed by atoms with van der Waals surface area (Å²) in [6, 6.07) is 9.09. The monoisotopic (exact) mass is 340 g/mol. The van der Waals surface area contributed by atoms with Crippen molar-refractivity contribution in [3.05, 3.63) is 52.6 Å². The van der Waals surface area contributed by atoms with Crippen molar-refractivity contribution >= 4 is 9.84 Å². The fraction of sp³-hybridized carbons (Fsp3) is 0.524. The highest BCUT2D eigenvalue weighted by Crippen LogP contribution is 2.67. The highest BCUT2D eigenvalue weighted by molar-refractivity contribution is 7.92. The van der Waals surface area contributed by atoms with Gasteiger partial charge >= 0.3 is 0 Å². The van der Waals surface area contributed by atoms with Gasteiger partial charge in [-0.2, -0.15) is 0 Å². The molecule has 0 spiro atoms. The standard InChI is InChI=1S/C21H24O2S/c1-12(2)19-15-8-9-16(19)21-17-10-13(20(15)21)11-18(17)24(22,23)14-6-4-3-5-7-14/h3-7,13,15-18H,8-11H2,1-2H3/t13-,15+,16+,17-,18-/m0/s1. The summed E-state index contributed by atoms with van der Waals surface area (Å²) < 4.78 is 26.4. The smallest absolute Gasteiger partial charge is 0.181 e. The van der Waals surface area contributed by atoms with E-state index in [0.29, 0.717) is 22.6 Å². The Balaban J connectivity index is 1.56. The van der Waals surface area contributed by atoms with Gasteiger partial charge < -0.3 is 0 Å². The zero-order chi connectivity index (χ0) is 16.6. The predicted molar refractivity (Wildman–Crippen MR) is 95.2 cm³/mol. The van der Waals surface area contributed by atoms with E-state index in [9.17, 15) is 8.42 Å². The van der Waals surface area contributed by atoms with E-state index in [4.69, 9.17) is 0 Å². The van der Waals surface area contributed by atoms with Crippen LogP contribution in [0.4, 0.5) is 0 Å². The van der Waals surface area contributed by atoms with E-state index in [1.165, 1.54) is 18.4 Å². The number of allylic oxidation sites excluding steroid dienone is 4. The Bertz CT molecular complexity index is 872. The second-order valence-corrected chi connectivity index (χ2v) is 10.4. The first-order chi connectivity index (χ1) is 11.5. The highest BCUT2D eigenvalue weighted by Gasteiger charge is 2.59. The predicted octanol–water partition coefficient (Wildman–Crippen LogP) is 4.54. The third kappa shape index (κ3) is 1.74. The molecule has 0 N–H and O–H groups in total. The molecule has 4 bridgehead atoms. The van der Waals surface area contributed by atoms with E-state index in [-0.39, 0.29) is 11.2 Å². The average Bonchev–Trinajstić information content (AvgIpc) is 3.32. The molecule has 0 unspecified atom stereocenters. The topological polar surface area (TPSA) is 34.1 Å². The van der Waals surface area contributed by atoms with Crippen molar-refractivity contribution in [3.8, 4) is 0 Å². The van der Waals surface area contributed by atoms with Gasteiger partial charge in [-0.05, 0) is 63.5 Å². The van der Waals surface area contributed by atoms with Crippen molar-refractivity contribution in [2.45, 2.75) is 49.7 Å². The normalized spacial score (nSPS) is 36.6. The van der Waals surface area contributed by atoms with Crippen molar-refractivity contribution < 1.29 is 8.42 Å². The van der Waals surface area contributed by atoms with Gasteiger partial charge in [0.1, 0.15) is 0 Å². The Labute approximate surface area is 144 Å². The van der Waals surface area contributed by atoms with Crippen LogP contribution in [0, 0.1) is 23.7 Å². The van der Waals surface area contributed by atoms with E-state index >= 15 is 0 Å². The van der Waals surface area contributed by atoms with Crippen LogP contribution < -0.4 is 0 Å². The molecule has 1 aromatic rings. The van der Waals surface area contributed by atoms with E-state index in [1.807, 2.05) is 18.2 Å². The molecule has 1 aromatic carbocycles. The summed E-state index contributed by atoms with van der Waals surface area (Å²) in [4.78, 5) is 0.510. The SMILES string of the molecule is CC(C)=C1[C@H]2CC[C@H]1C1=C2[C@H]2C[C@H]1C[C@@H]2S(=O)(=O)c1ccccc1. The van der Waals surface area contributed by atoms with Crippen LogP contribution in [0.2, 0.25) is 0 Å². The maximum absolute atomic E-state index is 13.2. The largest absolute Gasteiger partial charge is 0.223 e. The van der Waals surface area contributed by atoms with Gasteiger partial charge in [0.05, 0.1) is 10.1 Å². The van der Waals surface area contributed by atoms with Gasteiger partial charge in [-0.25, -0.2) is 8.42 Å². The maximum atomic E-state index is 13.2. The molecule has 4 aliphatic rings. The minimum atomic E-state index is -3.21. The molecule has 5 atom stereocenters. The molecule has 24 heavy (non-hydrogen) atoms. The summed E-state index contributed by atoms with van der Waals surface area (Å²) in [6.07, 6.45) is 4.47. The summed E-state index contributed by atoms with van der Waals surface area (Å²) in [6.45, 7) is 4.48. The number of benzene rings is 1. The fourth-order valence-corrected chi connectivity index (χ4v) is 8.40. The first-order valence-corrected chi connectivity index (χ1v) is 10.7. The Hall–Kier alpha value is -1.35. The first-order valence-electron chi connectivity index (χ1n) is 9.20. The summed E-state index contributed by atoms with van der Waals surface area (Å²) >= 11 is 0. The van der Waals surface area contributed by atoms with Gasteiger partial charge in [0.15, 0.2) is 9.84 Å². The molecule has 5 rings (SSSR count). The minimum Gasteiger partial charge on any atom is -0.223 e. The molecular formula is C21H24O2S. The molecule has 2 nitrogen and oxygen atoms in total. The number of hydrogen-bond acceptors (Lipinski definition) is 2. The first kappa shape index (κ1) is 14.9. The third-order valence-corrected chi connectivity index (χ3v) is 9.22. The van der Waals surface area contributed by atoms with E-state index in [2.05, 4.69) is 13.8 Å². The number of hydrogen-bond donors (Lipinski definition) is 0. The molecule has 0 aliphatic heterocycles. The van der Waals surface area contributed by atoms with Crippen LogP contribution in [0.5, 0.6) is 0 Å². The molecule has 0 aromatic heterocycles. The Kier molecular flexibility index (Phi) is 3.02. The summed E-state index contributed by atoms with van der Waals surface area (Å²) in [7, 11) is -3.21. The molecular weight excluding hydrogens is 316 g/mol. The van der Waals surface area contributed by atoms with E-state index in [0.717, 1.165) is 12.8 Å². The lowest BCUT2D eigenvalue weighted by Crippen LogP contribution is -2.30. The maximum Gasteiger partial charge on any atom is 0.181 e. The molecule has 0 amide bonds. The van der Waals surface area contributed by atoms with Crippen molar-refractivity contribution in [2.24, 2.45) is 23.7 Å². The number of fused-ring (bicyclic) bond motifs is 8. The second kappa shape index (κ2) is 4.85. The summed E-state index contributed by atoms with van der Waals surface area (Å²) in [5.41, 5.74) is 6.35. The number of rotatable bonds is 2. The lowest BCUT2D eigenvalue weighted by Gasteiger charge is -2.29. The lowest BCUT2D eigenvalue weighted by molar-refractivity contribution is 0.508. The van der Waals surface area contributed by atoms with E-state index < -0.39 is 9.84 Å². The highest BCUT2D eigenvalue weighted by atomic mass is 32.2. The quantitative estimate of drug-likeness (QED) is 0.585. The van der Waals surface area contributed by atoms with Gasteiger partial charge in [0.2, 0.25) is 0 Å². The van der Waals surface area contributed by atoms with E-state index in [1.54, 1.807) is 28.9 Å². The van der Waals surface area contributed by atoms with Crippen molar-refractivity contribution in [1.29, 1.82) is 0 Å². The molecule has 0 saturated heterocycles.